The normalized spacial score (nSPS) is 14.8. The number of hydrogen-bond acceptors (Lipinski definition) is 5. The van der Waals surface area contributed by atoms with Crippen molar-refractivity contribution in [1.82, 2.24) is 0 Å². The van der Waals surface area contributed by atoms with E-state index in [1.54, 1.807) is 41.3 Å². The van der Waals surface area contributed by atoms with Crippen LogP contribution in [0.1, 0.15) is 18.4 Å². The molecule has 11 heteroatoms. The van der Waals surface area contributed by atoms with Crippen LogP contribution in [0.4, 0.5) is 32.0 Å². The van der Waals surface area contributed by atoms with Crippen LogP contribution >= 0.6 is 11.8 Å². The summed E-state index contributed by atoms with van der Waals surface area (Å²) in [5.74, 6) is 0.105. The molecule has 1 atom stereocenters. The monoisotopic (exact) mass is 543 g/mol. The maximum absolute atomic E-state index is 13.1. The highest BCUT2D eigenvalue weighted by atomic mass is 32.2. The molecule has 0 aliphatic heterocycles. The summed E-state index contributed by atoms with van der Waals surface area (Å²) in [6.45, 7) is 0.287. The average molecular weight is 544 g/mol. The molecule has 1 saturated carbocycles. The van der Waals surface area contributed by atoms with Gasteiger partial charge >= 0.3 is 11.9 Å². The van der Waals surface area contributed by atoms with Crippen LogP contribution < -0.4 is 14.4 Å². The van der Waals surface area contributed by atoms with Gasteiger partial charge in [0.25, 0.3) is 0 Å². The van der Waals surface area contributed by atoms with Crippen LogP contribution in [0, 0.1) is 5.92 Å². The van der Waals surface area contributed by atoms with Crippen LogP contribution in [0.15, 0.2) is 77.7 Å². The third-order valence-corrected chi connectivity index (χ3v) is 6.44. The van der Waals surface area contributed by atoms with Gasteiger partial charge in [-0.1, -0.05) is 30.3 Å². The van der Waals surface area contributed by atoms with Gasteiger partial charge in [0.2, 0.25) is 0 Å². The molecule has 4 nitrogen and oxygen atoms in total. The van der Waals surface area contributed by atoms with Crippen LogP contribution in [0.2, 0.25) is 0 Å². The lowest BCUT2D eigenvalue weighted by Gasteiger charge is -2.29. The van der Waals surface area contributed by atoms with E-state index < -0.39 is 23.7 Å². The Kier molecular flexibility index (Phi) is 8.13. The SMILES string of the molecule is OC(CN(Cc1ccccc1SC(F)(F)F)c1cccc(Oc2cccc(OC(F)(F)F)c2)c1)C1CC1. The van der Waals surface area contributed by atoms with Gasteiger partial charge in [0.15, 0.2) is 0 Å². The van der Waals surface area contributed by atoms with Gasteiger partial charge in [0.1, 0.15) is 17.2 Å². The summed E-state index contributed by atoms with van der Waals surface area (Å²) in [5, 5.41) is 10.6. The molecule has 1 aliphatic rings. The quantitative estimate of drug-likeness (QED) is 0.209. The number of benzene rings is 3. The first kappa shape index (κ1) is 27.0. The molecule has 198 valence electrons. The van der Waals surface area contributed by atoms with Crippen LogP contribution in [-0.4, -0.2) is 29.6 Å². The van der Waals surface area contributed by atoms with Gasteiger partial charge in [0.05, 0.1) is 6.10 Å². The smallest absolute Gasteiger partial charge is 0.457 e. The maximum atomic E-state index is 13.1. The number of halogens is 6. The fraction of sp³-hybridized carbons (Fsp3) is 0.308. The fourth-order valence-electron chi connectivity index (χ4n) is 3.80. The van der Waals surface area contributed by atoms with Gasteiger partial charge in [0, 0.05) is 35.8 Å². The second-order valence-electron chi connectivity index (χ2n) is 8.56. The van der Waals surface area contributed by atoms with Gasteiger partial charge in [-0.3, -0.25) is 0 Å². The minimum absolute atomic E-state index is 0.0646. The summed E-state index contributed by atoms with van der Waals surface area (Å²) in [5.41, 5.74) is -3.44. The highest BCUT2D eigenvalue weighted by Gasteiger charge is 2.33. The van der Waals surface area contributed by atoms with E-state index in [-0.39, 0.29) is 41.4 Å². The summed E-state index contributed by atoms with van der Waals surface area (Å²) in [7, 11) is 0. The van der Waals surface area contributed by atoms with E-state index in [4.69, 9.17) is 4.74 Å². The number of alkyl halides is 6. The van der Waals surface area contributed by atoms with Crippen molar-refractivity contribution < 1.29 is 40.9 Å². The lowest BCUT2D eigenvalue weighted by Crippen LogP contribution is -2.33. The molecule has 4 rings (SSSR count). The van der Waals surface area contributed by atoms with Crippen molar-refractivity contribution in [1.29, 1.82) is 0 Å². The largest absolute Gasteiger partial charge is 0.573 e. The zero-order chi connectivity index (χ0) is 26.6. The highest BCUT2D eigenvalue weighted by molar-refractivity contribution is 8.00. The molecule has 0 radical (unpaired) electrons. The molecule has 0 spiro atoms. The van der Waals surface area contributed by atoms with E-state index in [2.05, 4.69) is 4.74 Å². The molecular weight excluding hydrogens is 520 g/mol. The van der Waals surface area contributed by atoms with E-state index in [0.29, 0.717) is 17.0 Å². The van der Waals surface area contributed by atoms with Gasteiger partial charge in [-0.15, -0.1) is 13.2 Å². The Morgan fingerprint density at radius 1 is 0.865 bits per heavy atom. The van der Waals surface area contributed by atoms with E-state index in [9.17, 15) is 31.4 Å². The number of rotatable bonds is 10. The molecule has 0 heterocycles. The summed E-state index contributed by atoms with van der Waals surface area (Å²) in [6, 6.07) is 17.9. The van der Waals surface area contributed by atoms with Crippen molar-refractivity contribution in [2.45, 2.75) is 42.3 Å². The average Bonchev–Trinajstić information content (AvgIpc) is 3.64. The number of thioether (sulfide) groups is 1. The maximum Gasteiger partial charge on any atom is 0.573 e. The predicted molar refractivity (Wildman–Crippen MR) is 128 cm³/mol. The Balaban J connectivity index is 1.58. The van der Waals surface area contributed by atoms with E-state index in [1.165, 1.54) is 24.3 Å². The molecule has 0 saturated heterocycles. The molecular formula is C26H23F6NO3S. The number of anilines is 1. The van der Waals surface area contributed by atoms with Crippen LogP contribution in [0.3, 0.4) is 0 Å². The Morgan fingerprint density at radius 3 is 2.19 bits per heavy atom. The second-order valence-corrected chi connectivity index (χ2v) is 9.67. The number of nitrogens with zero attached hydrogens (tertiary/aromatic N) is 1. The van der Waals surface area contributed by atoms with Crippen molar-refractivity contribution in [2.24, 2.45) is 5.92 Å². The number of hydrogen-bond donors (Lipinski definition) is 1. The first-order valence-corrected chi connectivity index (χ1v) is 12.2. The summed E-state index contributed by atoms with van der Waals surface area (Å²) in [4.78, 5) is 1.84. The summed E-state index contributed by atoms with van der Waals surface area (Å²) < 4.78 is 86.6. The minimum atomic E-state index is -4.85. The summed E-state index contributed by atoms with van der Waals surface area (Å²) in [6.07, 6.45) is -3.74. The Hall–Kier alpha value is -3.05. The second kappa shape index (κ2) is 11.1. The predicted octanol–water partition coefficient (Wildman–Crippen LogP) is 7.77. The highest BCUT2D eigenvalue weighted by Crippen LogP contribution is 2.40. The minimum Gasteiger partial charge on any atom is -0.457 e. The molecule has 1 fully saturated rings. The number of aliphatic hydroxyl groups excluding tert-OH is 1. The first-order valence-electron chi connectivity index (χ1n) is 11.4. The van der Waals surface area contributed by atoms with Crippen molar-refractivity contribution in [3.05, 3.63) is 78.4 Å². The molecule has 0 amide bonds. The zero-order valence-corrected chi connectivity index (χ0v) is 20.1. The third-order valence-electron chi connectivity index (χ3n) is 5.59. The number of aliphatic hydroxyl groups is 1. The molecule has 37 heavy (non-hydrogen) atoms. The van der Waals surface area contributed by atoms with Crippen LogP contribution in [0.25, 0.3) is 0 Å². The van der Waals surface area contributed by atoms with Crippen LogP contribution in [-0.2, 0) is 6.54 Å². The Bertz CT molecular complexity index is 1200. The Labute approximate surface area is 213 Å². The van der Waals surface area contributed by atoms with Gasteiger partial charge in [-0.25, -0.2) is 0 Å². The molecule has 0 bridgehead atoms. The van der Waals surface area contributed by atoms with Gasteiger partial charge in [-0.05, 0) is 66.4 Å². The molecule has 3 aromatic carbocycles. The lowest BCUT2D eigenvalue weighted by atomic mass is 10.1. The van der Waals surface area contributed by atoms with E-state index >= 15 is 0 Å². The van der Waals surface area contributed by atoms with Crippen molar-refractivity contribution in [2.75, 3.05) is 11.4 Å². The topological polar surface area (TPSA) is 41.9 Å². The third kappa shape index (κ3) is 8.50. The van der Waals surface area contributed by atoms with Gasteiger partial charge in [-0.2, -0.15) is 13.2 Å². The first-order chi connectivity index (χ1) is 17.4. The van der Waals surface area contributed by atoms with Crippen LogP contribution in [0.5, 0.6) is 17.2 Å². The molecule has 3 aromatic rings. The zero-order valence-electron chi connectivity index (χ0n) is 19.3. The van der Waals surface area contributed by atoms with Crippen molar-refractivity contribution in [3.8, 4) is 17.2 Å². The Morgan fingerprint density at radius 2 is 1.51 bits per heavy atom. The van der Waals surface area contributed by atoms with Crippen molar-refractivity contribution in [3.63, 3.8) is 0 Å². The molecule has 1 unspecified atom stereocenters. The standard InChI is InChI=1S/C26H23F6NO3S/c27-25(28,29)36-22-9-4-8-21(14-22)35-20-7-3-6-19(13-20)33(16-23(34)17-11-12-17)15-18-5-1-2-10-24(18)37-26(30,31)32/h1-10,13-14,17,23,34H,11-12,15-16H2. The van der Waals surface area contributed by atoms with Crippen molar-refractivity contribution >= 4 is 17.4 Å². The van der Waals surface area contributed by atoms with Gasteiger partial charge < -0.3 is 19.5 Å². The molecule has 0 aromatic heterocycles. The molecule has 1 N–H and O–H groups in total. The fourth-order valence-corrected chi connectivity index (χ4v) is 4.46. The van der Waals surface area contributed by atoms with E-state index in [0.717, 1.165) is 25.0 Å². The summed E-state index contributed by atoms with van der Waals surface area (Å²) >= 11 is -0.194. The molecule has 1 aliphatic carbocycles. The van der Waals surface area contributed by atoms with E-state index in [1.807, 2.05) is 0 Å². The lowest BCUT2D eigenvalue weighted by molar-refractivity contribution is -0.274. The number of ether oxygens (including phenoxy) is 2.